The van der Waals surface area contributed by atoms with Gasteiger partial charge in [-0.15, -0.1) is 0 Å². The molecule has 1 aromatic heterocycles. The van der Waals surface area contributed by atoms with Crippen LogP contribution in [0.15, 0.2) is 6.33 Å². The lowest BCUT2D eigenvalue weighted by atomic mass is 9.88. The second-order valence-corrected chi connectivity index (χ2v) is 5.99. The van der Waals surface area contributed by atoms with E-state index in [2.05, 4.69) is 47.9 Å². The molecule has 1 saturated heterocycles. The zero-order valence-electron chi connectivity index (χ0n) is 13.3. The Kier molecular flexibility index (Phi) is 5.21. The monoisotopic (exact) mass is 276 g/mol. The van der Waals surface area contributed by atoms with Crippen LogP contribution < -0.4 is 10.2 Å². The normalized spacial score (nSPS) is 22.9. The fourth-order valence-electron chi connectivity index (χ4n) is 2.93. The summed E-state index contributed by atoms with van der Waals surface area (Å²) in [5, 5.41) is 3.38. The first kappa shape index (κ1) is 15.1. The summed E-state index contributed by atoms with van der Waals surface area (Å²) in [4.78, 5) is 11.5. The van der Waals surface area contributed by atoms with Gasteiger partial charge in [0.25, 0.3) is 0 Å². The van der Waals surface area contributed by atoms with Gasteiger partial charge in [-0.1, -0.05) is 27.2 Å². The van der Waals surface area contributed by atoms with E-state index in [1.54, 1.807) is 6.33 Å². The van der Waals surface area contributed by atoms with E-state index in [4.69, 9.17) is 0 Å². The Hall–Kier alpha value is -1.32. The molecule has 20 heavy (non-hydrogen) atoms. The van der Waals surface area contributed by atoms with Crippen LogP contribution in [0.1, 0.15) is 46.1 Å². The number of piperidine rings is 1. The first-order valence-corrected chi connectivity index (χ1v) is 8.00. The van der Waals surface area contributed by atoms with Gasteiger partial charge in [0.2, 0.25) is 0 Å². The van der Waals surface area contributed by atoms with Crippen molar-refractivity contribution in [1.29, 1.82) is 0 Å². The Morgan fingerprint density at radius 1 is 1.25 bits per heavy atom. The summed E-state index contributed by atoms with van der Waals surface area (Å²) in [6.07, 6.45) is 5.12. The quantitative estimate of drug-likeness (QED) is 0.895. The fourth-order valence-corrected chi connectivity index (χ4v) is 2.93. The Balaban J connectivity index is 2.28. The molecule has 4 nitrogen and oxygen atoms in total. The molecule has 0 spiro atoms. The Morgan fingerprint density at radius 2 is 2.05 bits per heavy atom. The van der Waals surface area contributed by atoms with Gasteiger partial charge in [0, 0.05) is 25.2 Å². The van der Waals surface area contributed by atoms with E-state index in [0.29, 0.717) is 0 Å². The van der Waals surface area contributed by atoms with Crippen molar-refractivity contribution in [2.24, 2.45) is 11.8 Å². The number of hydrogen-bond donors (Lipinski definition) is 1. The predicted octanol–water partition coefficient (Wildman–Crippen LogP) is 3.34. The molecule has 1 aromatic rings. The average Bonchev–Trinajstić information content (AvgIpc) is 2.44. The molecule has 0 aliphatic carbocycles. The molecule has 2 atom stereocenters. The van der Waals surface area contributed by atoms with Crippen LogP contribution in [-0.2, 0) is 6.42 Å². The number of anilines is 2. The van der Waals surface area contributed by atoms with E-state index < -0.39 is 0 Å². The summed E-state index contributed by atoms with van der Waals surface area (Å²) >= 11 is 0. The van der Waals surface area contributed by atoms with Crippen molar-refractivity contribution < 1.29 is 0 Å². The lowest BCUT2D eigenvalue weighted by Crippen LogP contribution is -2.39. The van der Waals surface area contributed by atoms with Crippen LogP contribution in [0.4, 0.5) is 11.6 Å². The topological polar surface area (TPSA) is 41.1 Å². The number of rotatable bonds is 5. The van der Waals surface area contributed by atoms with E-state index in [-0.39, 0.29) is 0 Å². The maximum atomic E-state index is 4.60. The van der Waals surface area contributed by atoms with Crippen molar-refractivity contribution >= 4 is 11.6 Å². The van der Waals surface area contributed by atoms with Crippen LogP contribution in [0.2, 0.25) is 0 Å². The van der Waals surface area contributed by atoms with Gasteiger partial charge in [0.15, 0.2) is 0 Å². The molecule has 0 amide bonds. The lowest BCUT2D eigenvalue weighted by Gasteiger charge is -2.37. The predicted molar refractivity (Wildman–Crippen MR) is 85.3 cm³/mol. The first-order chi connectivity index (χ1) is 9.67. The SMILES string of the molecule is CCCc1c(NCC)ncnc1N1CCC(C)C(C)C1. The van der Waals surface area contributed by atoms with E-state index in [9.17, 15) is 0 Å². The third kappa shape index (κ3) is 3.22. The highest BCUT2D eigenvalue weighted by molar-refractivity contribution is 5.59. The van der Waals surface area contributed by atoms with E-state index in [1.165, 1.54) is 12.0 Å². The van der Waals surface area contributed by atoms with Gasteiger partial charge in [-0.3, -0.25) is 0 Å². The molecule has 112 valence electrons. The number of hydrogen-bond acceptors (Lipinski definition) is 4. The highest BCUT2D eigenvalue weighted by atomic mass is 15.2. The molecule has 1 aliphatic heterocycles. The summed E-state index contributed by atoms with van der Waals surface area (Å²) < 4.78 is 0. The number of aromatic nitrogens is 2. The minimum absolute atomic E-state index is 0.732. The van der Waals surface area contributed by atoms with Crippen LogP contribution in [0.25, 0.3) is 0 Å². The van der Waals surface area contributed by atoms with Crippen molar-refractivity contribution in [2.75, 3.05) is 29.9 Å². The Morgan fingerprint density at radius 3 is 2.70 bits per heavy atom. The molecule has 1 aliphatic rings. The van der Waals surface area contributed by atoms with Gasteiger partial charge in [-0.25, -0.2) is 9.97 Å². The zero-order chi connectivity index (χ0) is 14.5. The van der Waals surface area contributed by atoms with Gasteiger partial charge in [0.05, 0.1) is 0 Å². The molecule has 2 rings (SSSR count). The summed E-state index contributed by atoms with van der Waals surface area (Å²) in [6, 6.07) is 0. The highest BCUT2D eigenvalue weighted by Gasteiger charge is 2.25. The molecule has 0 bridgehead atoms. The molecule has 0 aromatic carbocycles. The Bertz CT molecular complexity index is 432. The molecular formula is C16H28N4. The summed E-state index contributed by atoms with van der Waals surface area (Å²) in [5.41, 5.74) is 1.29. The lowest BCUT2D eigenvalue weighted by molar-refractivity contribution is 0.322. The highest BCUT2D eigenvalue weighted by Crippen LogP contribution is 2.30. The molecule has 2 heterocycles. The van der Waals surface area contributed by atoms with E-state index in [0.717, 1.165) is 55.9 Å². The fraction of sp³-hybridized carbons (Fsp3) is 0.750. The number of nitrogens with one attached hydrogen (secondary N) is 1. The van der Waals surface area contributed by atoms with Gasteiger partial charge in [-0.2, -0.15) is 0 Å². The van der Waals surface area contributed by atoms with Crippen molar-refractivity contribution in [2.45, 2.75) is 47.0 Å². The smallest absolute Gasteiger partial charge is 0.137 e. The third-order valence-corrected chi connectivity index (χ3v) is 4.40. The molecule has 0 saturated carbocycles. The van der Waals surface area contributed by atoms with Crippen LogP contribution in [0.3, 0.4) is 0 Å². The van der Waals surface area contributed by atoms with Crippen LogP contribution in [0, 0.1) is 11.8 Å². The minimum atomic E-state index is 0.732. The molecule has 1 N–H and O–H groups in total. The second-order valence-electron chi connectivity index (χ2n) is 5.99. The average molecular weight is 276 g/mol. The summed E-state index contributed by atoms with van der Waals surface area (Å²) in [6.45, 7) is 12.2. The van der Waals surface area contributed by atoms with Gasteiger partial charge >= 0.3 is 0 Å². The van der Waals surface area contributed by atoms with Crippen molar-refractivity contribution in [1.82, 2.24) is 9.97 Å². The first-order valence-electron chi connectivity index (χ1n) is 8.00. The summed E-state index contributed by atoms with van der Waals surface area (Å²) in [7, 11) is 0. The van der Waals surface area contributed by atoms with Crippen molar-refractivity contribution in [3.05, 3.63) is 11.9 Å². The largest absolute Gasteiger partial charge is 0.370 e. The standard InChI is InChI=1S/C16H28N4/c1-5-7-14-15(17-6-2)18-11-19-16(14)20-9-8-12(3)13(4)10-20/h11-13H,5-10H2,1-4H3,(H,17,18,19). The number of nitrogens with zero attached hydrogens (tertiary/aromatic N) is 3. The van der Waals surface area contributed by atoms with E-state index >= 15 is 0 Å². The summed E-state index contributed by atoms with van der Waals surface area (Å²) in [5.74, 6) is 3.72. The van der Waals surface area contributed by atoms with Crippen molar-refractivity contribution in [3.63, 3.8) is 0 Å². The second kappa shape index (κ2) is 6.91. The van der Waals surface area contributed by atoms with Gasteiger partial charge < -0.3 is 10.2 Å². The maximum Gasteiger partial charge on any atom is 0.137 e. The zero-order valence-corrected chi connectivity index (χ0v) is 13.3. The van der Waals surface area contributed by atoms with Crippen LogP contribution >= 0.6 is 0 Å². The van der Waals surface area contributed by atoms with Crippen molar-refractivity contribution in [3.8, 4) is 0 Å². The molecular weight excluding hydrogens is 248 g/mol. The van der Waals surface area contributed by atoms with Crippen LogP contribution in [0.5, 0.6) is 0 Å². The molecule has 4 heteroatoms. The molecule has 2 unspecified atom stereocenters. The van der Waals surface area contributed by atoms with Gasteiger partial charge in [-0.05, 0) is 31.6 Å². The maximum absolute atomic E-state index is 4.60. The Labute approximate surface area is 123 Å². The minimum Gasteiger partial charge on any atom is -0.370 e. The third-order valence-electron chi connectivity index (χ3n) is 4.40. The van der Waals surface area contributed by atoms with E-state index in [1.807, 2.05) is 0 Å². The van der Waals surface area contributed by atoms with Gasteiger partial charge in [0.1, 0.15) is 18.0 Å². The molecule has 0 radical (unpaired) electrons. The molecule has 1 fully saturated rings. The van der Waals surface area contributed by atoms with Crippen LogP contribution in [-0.4, -0.2) is 29.6 Å².